The van der Waals surface area contributed by atoms with Crippen LogP contribution < -0.4 is 15.4 Å². The Morgan fingerprint density at radius 2 is 2.07 bits per heavy atom. The number of anilines is 1. The van der Waals surface area contributed by atoms with Crippen LogP contribution in [0.5, 0.6) is 5.75 Å². The maximum Gasteiger partial charge on any atom is 0.270 e. The van der Waals surface area contributed by atoms with Gasteiger partial charge in [0.25, 0.3) is 5.91 Å². The molecule has 1 unspecified atom stereocenters. The molecule has 218 valence electrons. The number of fused-ring (bicyclic) bond motifs is 1. The van der Waals surface area contributed by atoms with Crippen LogP contribution >= 0.6 is 11.6 Å². The van der Waals surface area contributed by atoms with Gasteiger partial charge in [-0.2, -0.15) is 5.10 Å². The van der Waals surface area contributed by atoms with Gasteiger partial charge in [0.15, 0.2) is 0 Å². The summed E-state index contributed by atoms with van der Waals surface area (Å²) in [7, 11) is 0. The number of halogens is 1. The topological polar surface area (TPSA) is 149 Å². The van der Waals surface area contributed by atoms with E-state index in [-0.39, 0.29) is 30.1 Å². The van der Waals surface area contributed by atoms with Crippen LogP contribution in [0.2, 0.25) is 5.02 Å². The number of aliphatic hydroxyl groups is 1. The summed E-state index contributed by atoms with van der Waals surface area (Å²) in [5, 5.41) is 24.1. The van der Waals surface area contributed by atoms with E-state index in [2.05, 4.69) is 35.7 Å². The molecule has 1 aromatic carbocycles. The molecule has 41 heavy (non-hydrogen) atoms. The van der Waals surface area contributed by atoms with Crippen molar-refractivity contribution in [3.05, 3.63) is 64.3 Å². The number of ether oxygens (including phenoxy) is 1. The third-order valence-electron chi connectivity index (χ3n) is 7.49. The summed E-state index contributed by atoms with van der Waals surface area (Å²) >= 11 is 6.65. The number of rotatable bonds is 10. The minimum atomic E-state index is -0.751. The third kappa shape index (κ3) is 7.51. The molecule has 2 aromatic heterocycles. The number of β-amino-alcohol motifs (C(OH)–C–C–N with tert-alkyl or cyclic N) is 1. The van der Waals surface area contributed by atoms with Crippen molar-refractivity contribution in [1.82, 2.24) is 35.3 Å². The monoisotopic (exact) mass is 582 g/mol. The van der Waals surface area contributed by atoms with Crippen LogP contribution in [-0.2, 0) is 24.4 Å². The molecular formula is C28H35ClN8O4. The lowest BCUT2D eigenvalue weighted by Gasteiger charge is -2.32. The number of H-pyrrole nitrogens is 1. The number of aromatic nitrogens is 4. The molecule has 12 nitrogen and oxygen atoms in total. The van der Waals surface area contributed by atoms with Gasteiger partial charge in [-0.15, -0.1) is 0 Å². The molecule has 0 saturated carbocycles. The molecule has 13 heteroatoms. The first-order valence-electron chi connectivity index (χ1n) is 13.8. The van der Waals surface area contributed by atoms with Gasteiger partial charge in [-0.3, -0.25) is 19.6 Å². The van der Waals surface area contributed by atoms with Gasteiger partial charge in [-0.25, -0.2) is 9.97 Å². The van der Waals surface area contributed by atoms with Gasteiger partial charge < -0.3 is 25.4 Å². The Balaban J connectivity index is 1.07. The maximum absolute atomic E-state index is 12.7. The van der Waals surface area contributed by atoms with Gasteiger partial charge >= 0.3 is 0 Å². The van der Waals surface area contributed by atoms with E-state index in [1.807, 2.05) is 17.0 Å². The predicted octanol–water partition coefficient (Wildman–Crippen LogP) is 2.00. The molecule has 2 aliphatic rings. The summed E-state index contributed by atoms with van der Waals surface area (Å²) in [6.45, 7) is 5.24. The van der Waals surface area contributed by atoms with Crippen LogP contribution in [0.25, 0.3) is 0 Å². The van der Waals surface area contributed by atoms with E-state index in [1.165, 1.54) is 6.33 Å². The Morgan fingerprint density at radius 3 is 2.83 bits per heavy atom. The van der Waals surface area contributed by atoms with Gasteiger partial charge in [-0.1, -0.05) is 17.7 Å². The fraction of sp³-hybridized carbons (Fsp3) is 0.464. The first-order chi connectivity index (χ1) is 19.9. The van der Waals surface area contributed by atoms with Crippen molar-refractivity contribution in [2.75, 3.05) is 38.0 Å². The molecule has 1 saturated heterocycles. The maximum atomic E-state index is 12.7. The largest absolute Gasteiger partial charge is 0.487 e. The molecule has 1 atom stereocenters. The Hall–Kier alpha value is -3.74. The number of hydrogen-bond donors (Lipinski definition) is 4. The van der Waals surface area contributed by atoms with E-state index in [9.17, 15) is 14.7 Å². The smallest absolute Gasteiger partial charge is 0.270 e. The molecule has 5 rings (SSSR count). The number of aliphatic hydroxyl groups excluding tert-OH is 1. The van der Waals surface area contributed by atoms with Crippen molar-refractivity contribution in [3.63, 3.8) is 0 Å². The van der Waals surface area contributed by atoms with Gasteiger partial charge in [0.05, 0.1) is 17.3 Å². The Morgan fingerprint density at radius 1 is 1.24 bits per heavy atom. The summed E-state index contributed by atoms with van der Waals surface area (Å²) in [6, 6.07) is 5.67. The fourth-order valence-corrected chi connectivity index (χ4v) is 5.54. The van der Waals surface area contributed by atoms with Crippen LogP contribution in [0.15, 0.2) is 36.9 Å². The van der Waals surface area contributed by atoms with Crippen LogP contribution in [-0.4, -0.2) is 91.8 Å². The first kappa shape index (κ1) is 28.8. The molecule has 2 amide bonds. The van der Waals surface area contributed by atoms with E-state index < -0.39 is 6.10 Å². The number of nitrogens with one attached hydrogen (secondary N) is 3. The zero-order chi connectivity index (χ0) is 28.8. The molecule has 4 N–H and O–H groups in total. The van der Waals surface area contributed by atoms with Crippen LogP contribution in [0.4, 0.5) is 5.82 Å². The SMILES string of the molecule is CC(=O)N1CCC(Nc2cc(C(=O)NCC(O)CN3CCc4c(ccc(OCc5cn[nH]c5)c4Cl)C3)ncn2)CC1. The second-order valence-electron chi connectivity index (χ2n) is 10.5. The van der Waals surface area contributed by atoms with Gasteiger partial charge in [0.1, 0.15) is 30.2 Å². The Kier molecular flexibility index (Phi) is 9.32. The lowest BCUT2D eigenvalue weighted by atomic mass is 9.99. The quantitative estimate of drug-likeness (QED) is 0.282. The van der Waals surface area contributed by atoms with Crippen molar-refractivity contribution in [2.24, 2.45) is 0 Å². The highest BCUT2D eigenvalue weighted by Gasteiger charge is 2.24. The second kappa shape index (κ2) is 13.3. The van der Waals surface area contributed by atoms with Crippen molar-refractivity contribution < 1.29 is 19.4 Å². The van der Waals surface area contributed by atoms with Crippen molar-refractivity contribution in [1.29, 1.82) is 0 Å². The number of amides is 2. The van der Waals surface area contributed by atoms with E-state index in [0.29, 0.717) is 49.4 Å². The highest BCUT2D eigenvalue weighted by molar-refractivity contribution is 6.33. The number of hydrogen-bond acceptors (Lipinski definition) is 9. The number of nitrogens with zero attached hydrogens (tertiary/aromatic N) is 5. The molecule has 0 bridgehead atoms. The van der Waals surface area contributed by atoms with Gasteiger partial charge in [0.2, 0.25) is 5.91 Å². The molecule has 3 aromatic rings. The van der Waals surface area contributed by atoms with Crippen LogP contribution in [0.3, 0.4) is 0 Å². The number of carbonyl (C=O) groups is 2. The minimum Gasteiger partial charge on any atom is -0.487 e. The number of benzene rings is 1. The zero-order valence-electron chi connectivity index (χ0n) is 23.0. The predicted molar refractivity (Wildman–Crippen MR) is 153 cm³/mol. The van der Waals surface area contributed by atoms with Crippen molar-refractivity contribution in [2.45, 2.75) is 51.5 Å². The summed E-state index contributed by atoms with van der Waals surface area (Å²) in [4.78, 5) is 36.6. The number of aromatic amines is 1. The van der Waals surface area contributed by atoms with Crippen LogP contribution in [0, 0.1) is 0 Å². The van der Waals surface area contributed by atoms with E-state index >= 15 is 0 Å². The van der Waals surface area contributed by atoms with Crippen LogP contribution in [0.1, 0.15) is 46.9 Å². The highest BCUT2D eigenvalue weighted by atomic mass is 35.5. The standard InChI is InChI=1S/C28H35ClN8O4/c1-18(38)37-8-4-21(5-9-37)35-26-10-24(31-17-32-26)28(40)30-13-22(39)15-36-7-6-23-20(14-36)2-3-25(27(23)29)41-16-19-11-33-34-12-19/h2-3,10-12,17,21-22,39H,4-9,13-16H2,1H3,(H,30,40)(H,33,34)(H,31,32,35). The van der Waals surface area contributed by atoms with E-state index in [1.54, 1.807) is 25.4 Å². The molecule has 0 spiro atoms. The average Bonchev–Trinajstić information content (AvgIpc) is 3.50. The molecule has 4 heterocycles. The third-order valence-corrected chi connectivity index (χ3v) is 7.90. The van der Waals surface area contributed by atoms with E-state index in [4.69, 9.17) is 16.3 Å². The average molecular weight is 583 g/mol. The Labute approximate surface area is 243 Å². The highest BCUT2D eigenvalue weighted by Crippen LogP contribution is 2.34. The Bertz CT molecular complexity index is 1350. The summed E-state index contributed by atoms with van der Waals surface area (Å²) in [5.74, 6) is 0.916. The number of carbonyl (C=O) groups excluding carboxylic acids is 2. The summed E-state index contributed by atoms with van der Waals surface area (Å²) in [5.41, 5.74) is 3.32. The normalized spacial score (nSPS) is 16.6. The van der Waals surface area contributed by atoms with Crippen molar-refractivity contribution >= 4 is 29.2 Å². The molecule has 1 fully saturated rings. The lowest BCUT2D eigenvalue weighted by Crippen LogP contribution is -2.42. The molecule has 0 radical (unpaired) electrons. The van der Waals surface area contributed by atoms with Gasteiger partial charge in [0, 0.05) is 70.1 Å². The summed E-state index contributed by atoms with van der Waals surface area (Å²) in [6.07, 6.45) is 6.45. The summed E-state index contributed by atoms with van der Waals surface area (Å²) < 4.78 is 5.87. The fourth-order valence-electron chi connectivity index (χ4n) is 5.20. The molecular weight excluding hydrogens is 548 g/mol. The second-order valence-corrected chi connectivity index (χ2v) is 10.9. The molecule has 2 aliphatic heterocycles. The minimum absolute atomic E-state index is 0.0860. The zero-order valence-corrected chi connectivity index (χ0v) is 23.7. The van der Waals surface area contributed by atoms with Crippen molar-refractivity contribution in [3.8, 4) is 5.75 Å². The lowest BCUT2D eigenvalue weighted by molar-refractivity contribution is -0.129. The van der Waals surface area contributed by atoms with Gasteiger partial charge in [-0.05, 0) is 36.5 Å². The first-order valence-corrected chi connectivity index (χ1v) is 14.2. The number of piperidine rings is 1. The van der Waals surface area contributed by atoms with E-state index in [0.717, 1.165) is 42.5 Å². The number of likely N-dealkylation sites (tertiary alicyclic amines) is 1. The molecule has 0 aliphatic carbocycles.